The van der Waals surface area contributed by atoms with E-state index in [1.807, 2.05) is 0 Å². The molecular formula is C16H28N2O11. The van der Waals surface area contributed by atoms with Gasteiger partial charge < -0.3 is 55.5 Å². The summed E-state index contributed by atoms with van der Waals surface area (Å²) in [5, 5.41) is 64.5. The molecule has 168 valence electrons. The standard InChI is InChI=1S/C16H28N2O11/c1-5(21)17-9-13(25)14(8(4-20)27-15(9)26)29-16-10(18-6(2)22)12(24)11(23)7(3-19)28-16/h7-16,19-20,23-26H,3-4H2,1-2H3,(H,17,21)(H,18,22)/t7-,8-,9-,10-,11-,12-,13-,14+,15+,16+/m1/s1. The Balaban J connectivity index is 2.26. The lowest BCUT2D eigenvalue weighted by Crippen LogP contribution is -2.69. The second-order valence-corrected chi connectivity index (χ2v) is 7.00. The summed E-state index contributed by atoms with van der Waals surface area (Å²) in [4.78, 5) is 22.8. The van der Waals surface area contributed by atoms with E-state index < -0.39 is 86.3 Å². The van der Waals surface area contributed by atoms with Gasteiger partial charge in [0.2, 0.25) is 11.8 Å². The van der Waals surface area contributed by atoms with Crippen LogP contribution in [-0.4, -0.2) is 117 Å². The molecule has 0 aromatic rings. The normalized spacial score (nSPS) is 42.9. The van der Waals surface area contributed by atoms with Gasteiger partial charge in [0, 0.05) is 13.8 Å². The number of carbonyl (C=O) groups is 2. The topological polar surface area (TPSA) is 207 Å². The third kappa shape index (κ3) is 5.39. The van der Waals surface area contributed by atoms with Gasteiger partial charge in [0.1, 0.15) is 48.7 Å². The molecule has 0 radical (unpaired) electrons. The maximum atomic E-state index is 11.5. The Labute approximate surface area is 166 Å². The lowest BCUT2D eigenvalue weighted by molar-refractivity contribution is -0.327. The summed E-state index contributed by atoms with van der Waals surface area (Å²) < 4.78 is 16.3. The van der Waals surface area contributed by atoms with Gasteiger partial charge in [-0.25, -0.2) is 0 Å². The molecule has 0 aromatic heterocycles. The van der Waals surface area contributed by atoms with Crippen molar-refractivity contribution in [1.29, 1.82) is 0 Å². The number of rotatable bonds is 6. The fraction of sp³-hybridized carbons (Fsp3) is 0.875. The van der Waals surface area contributed by atoms with E-state index in [0.29, 0.717) is 0 Å². The van der Waals surface area contributed by atoms with Crippen LogP contribution in [-0.2, 0) is 23.8 Å². The Hall–Kier alpha value is -1.42. The van der Waals surface area contributed by atoms with Crippen molar-refractivity contribution in [3.8, 4) is 0 Å². The number of amides is 2. The predicted molar refractivity (Wildman–Crippen MR) is 91.8 cm³/mol. The molecule has 2 saturated heterocycles. The molecule has 2 aliphatic heterocycles. The number of aliphatic hydroxyl groups is 6. The minimum Gasteiger partial charge on any atom is -0.394 e. The van der Waals surface area contributed by atoms with Gasteiger partial charge in [0.15, 0.2) is 12.6 Å². The molecule has 2 amide bonds. The summed E-state index contributed by atoms with van der Waals surface area (Å²) >= 11 is 0. The van der Waals surface area contributed by atoms with Crippen molar-refractivity contribution < 1.29 is 54.4 Å². The predicted octanol–water partition coefficient (Wildman–Crippen LogP) is -5.11. The zero-order valence-electron chi connectivity index (χ0n) is 15.9. The van der Waals surface area contributed by atoms with Gasteiger partial charge in [-0.3, -0.25) is 9.59 Å². The Morgan fingerprint density at radius 1 is 0.828 bits per heavy atom. The van der Waals surface area contributed by atoms with Gasteiger partial charge in [0.25, 0.3) is 0 Å². The molecule has 2 aliphatic rings. The molecule has 2 rings (SSSR count). The monoisotopic (exact) mass is 424 g/mol. The number of hydrogen-bond donors (Lipinski definition) is 8. The average Bonchev–Trinajstić information content (AvgIpc) is 2.65. The Morgan fingerprint density at radius 2 is 1.38 bits per heavy atom. The van der Waals surface area contributed by atoms with Crippen LogP contribution < -0.4 is 10.6 Å². The minimum atomic E-state index is -1.64. The van der Waals surface area contributed by atoms with E-state index in [0.717, 1.165) is 13.8 Å². The van der Waals surface area contributed by atoms with E-state index in [-0.39, 0.29) is 0 Å². The molecule has 0 spiro atoms. The van der Waals surface area contributed by atoms with Crippen molar-refractivity contribution in [2.75, 3.05) is 13.2 Å². The molecule has 10 atom stereocenters. The molecule has 13 heteroatoms. The zero-order chi connectivity index (χ0) is 21.9. The quantitative estimate of drug-likeness (QED) is 0.202. The van der Waals surface area contributed by atoms with Crippen molar-refractivity contribution in [2.24, 2.45) is 0 Å². The maximum absolute atomic E-state index is 11.5. The molecular weight excluding hydrogens is 396 g/mol. The van der Waals surface area contributed by atoms with Gasteiger partial charge in [-0.05, 0) is 0 Å². The van der Waals surface area contributed by atoms with E-state index >= 15 is 0 Å². The first-order valence-corrected chi connectivity index (χ1v) is 9.05. The highest BCUT2D eigenvalue weighted by atomic mass is 16.7. The first-order valence-electron chi connectivity index (χ1n) is 9.05. The first kappa shape index (κ1) is 23.9. The number of carbonyl (C=O) groups excluding carboxylic acids is 2. The smallest absolute Gasteiger partial charge is 0.217 e. The van der Waals surface area contributed by atoms with Crippen molar-refractivity contribution >= 4 is 11.8 Å². The minimum absolute atomic E-state index is 0.568. The van der Waals surface area contributed by atoms with Crippen molar-refractivity contribution in [2.45, 2.75) is 75.1 Å². The highest BCUT2D eigenvalue weighted by Gasteiger charge is 2.51. The van der Waals surface area contributed by atoms with Gasteiger partial charge in [-0.2, -0.15) is 0 Å². The van der Waals surface area contributed by atoms with Crippen LogP contribution in [0.2, 0.25) is 0 Å². The van der Waals surface area contributed by atoms with Gasteiger partial charge in [0.05, 0.1) is 13.2 Å². The van der Waals surface area contributed by atoms with Gasteiger partial charge >= 0.3 is 0 Å². The van der Waals surface area contributed by atoms with Crippen LogP contribution in [0, 0.1) is 0 Å². The molecule has 0 aromatic carbocycles. The summed E-state index contributed by atoms with van der Waals surface area (Å²) in [6.45, 7) is 0.962. The average molecular weight is 424 g/mol. The third-order valence-electron chi connectivity index (χ3n) is 4.78. The van der Waals surface area contributed by atoms with Crippen molar-refractivity contribution in [1.82, 2.24) is 10.6 Å². The molecule has 8 N–H and O–H groups in total. The van der Waals surface area contributed by atoms with Crippen LogP contribution in [0.4, 0.5) is 0 Å². The van der Waals surface area contributed by atoms with Crippen molar-refractivity contribution in [3.63, 3.8) is 0 Å². The van der Waals surface area contributed by atoms with E-state index in [1.54, 1.807) is 0 Å². The lowest BCUT2D eigenvalue weighted by atomic mass is 9.94. The Bertz CT molecular complexity index is 579. The number of nitrogens with one attached hydrogen (secondary N) is 2. The molecule has 0 saturated carbocycles. The van der Waals surface area contributed by atoms with E-state index in [1.165, 1.54) is 0 Å². The SMILES string of the molecule is CC(=O)N[C@@H]1[C@@H](O)[C@@H](O[C@@H]2O[C@H](CO)[C@@H](O)[C@H](O)[C@H]2NC(C)=O)[C@@H](CO)O[C@@H]1O. The molecule has 0 bridgehead atoms. The Morgan fingerprint density at radius 3 is 1.90 bits per heavy atom. The first-order chi connectivity index (χ1) is 13.6. The summed E-state index contributed by atoms with van der Waals surface area (Å²) in [6, 6.07) is -2.59. The highest BCUT2D eigenvalue weighted by Crippen LogP contribution is 2.28. The van der Waals surface area contributed by atoms with Crippen LogP contribution in [0.5, 0.6) is 0 Å². The number of aliphatic hydroxyl groups excluding tert-OH is 6. The number of hydrogen-bond acceptors (Lipinski definition) is 11. The lowest BCUT2D eigenvalue weighted by Gasteiger charge is -2.47. The van der Waals surface area contributed by atoms with E-state index in [2.05, 4.69) is 10.6 Å². The van der Waals surface area contributed by atoms with Crippen molar-refractivity contribution in [3.05, 3.63) is 0 Å². The maximum Gasteiger partial charge on any atom is 0.217 e. The second-order valence-electron chi connectivity index (χ2n) is 7.00. The zero-order valence-corrected chi connectivity index (χ0v) is 15.9. The van der Waals surface area contributed by atoms with Gasteiger partial charge in [-0.15, -0.1) is 0 Å². The number of ether oxygens (including phenoxy) is 3. The van der Waals surface area contributed by atoms with Crippen LogP contribution in [0.15, 0.2) is 0 Å². The molecule has 0 aliphatic carbocycles. The molecule has 13 nitrogen and oxygen atoms in total. The summed E-state index contributed by atoms with van der Waals surface area (Å²) in [5.41, 5.74) is 0. The summed E-state index contributed by atoms with van der Waals surface area (Å²) in [6.07, 6.45) is -11.7. The second kappa shape index (κ2) is 10.1. The highest BCUT2D eigenvalue weighted by molar-refractivity contribution is 5.73. The van der Waals surface area contributed by atoms with Crippen LogP contribution in [0.1, 0.15) is 13.8 Å². The largest absolute Gasteiger partial charge is 0.394 e. The molecule has 29 heavy (non-hydrogen) atoms. The fourth-order valence-electron chi connectivity index (χ4n) is 3.38. The Kier molecular flexibility index (Phi) is 8.28. The van der Waals surface area contributed by atoms with E-state index in [9.17, 15) is 40.2 Å². The molecule has 2 heterocycles. The van der Waals surface area contributed by atoms with Gasteiger partial charge in [-0.1, -0.05) is 0 Å². The van der Waals surface area contributed by atoms with E-state index in [4.69, 9.17) is 14.2 Å². The molecule has 0 unspecified atom stereocenters. The van der Waals surface area contributed by atoms with Crippen LogP contribution in [0.3, 0.4) is 0 Å². The summed E-state index contributed by atoms with van der Waals surface area (Å²) in [7, 11) is 0. The fourth-order valence-corrected chi connectivity index (χ4v) is 3.38. The molecule has 2 fully saturated rings. The third-order valence-corrected chi connectivity index (χ3v) is 4.78. The summed E-state index contributed by atoms with van der Waals surface area (Å²) in [5.74, 6) is -1.14. The van der Waals surface area contributed by atoms with Crippen LogP contribution in [0.25, 0.3) is 0 Å². The van der Waals surface area contributed by atoms with Crippen LogP contribution >= 0.6 is 0 Å².